The Labute approximate surface area is 157 Å². The maximum Gasteiger partial charge on any atom is 0.123 e. The number of aliphatic hydroxyl groups is 1. The normalized spacial score (nSPS) is 11.8. The van der Waals surface area contributed by atoms with E-state index in [1.54, 1.807) is 0 Å². The van der Waals surface area contributed by atoms with Crippen LogP contribution in [0.5, 0.6) is 0 Å². The van der Waals surface area contributed by atoms with E-state index >= 15 is 0 Å². The number of rotatable bonds is 7. The number of benzene rings is 1. The second-order valence-corrected chi connectivity index (χ2v) is 8.12. The van der Waals surface area contributed by atoms with Gasteiger partial charge in [0, 0.05) is 17.0 Å². The van der Waals surface area contributed by atoms with Crippen LogP contribution in [0.15, 0.2) is 24.3 Å². The zero-order valence-electron chi connectivity index (χ0n) is 16.9. The Morgan fingerprint density at radius 2 is 1.42 bits per heavy atom. The smallest absolute Gasteiger partial charge is 0.123 e. The summed E-state index contributed by atoms with van der Waals surface area (Å²) in [4.78, 5) is 4.99. The first-order valence-corrected chi connectivity index (χ1v) is 9.68. The first-order chi connectivity index (χ1) is 12.3. The molecule has 0 radical (unpaired) electrons. The van der Waals surface area contributed by atoms with E-state index < -0.39 is 0 Å². The molecule has 0 bridgehead atoms. The lowest BCUT2D eigenvalue weighted by Crippen LogP contribution is -2.13. The van der Waals surface area contributed by atoms with Crippen LogP contribution in [-0.4, -0.2) is 10.1 Å². The van der Waals surface area contributed by atoms with Crippen molar-refractivity contribution in [3.8, 4) is 11.1 Å². The van der Waals surface area contributed by atoms with Gasteiger partial charge in [-0.15, -0.1) is 0 Å². The van der Waals surface area contributed by atoms with Gasteiger partial charge in [-0.2, -0.15) is 0 Å². The van der Waals surface area contributed by atoms with Crippen LogP contribution in [0.4, 0.5) is 4.39 Å². The van der Waals surface area contributed by atoms with Gasteiger partial charge in [0.25, 0.3) is 0 Å². The van der Waals surface area contributed by atoms with Gasteiger partial charge in [-0.25, -0.2) is 4.39 Å². The fourth-order valence-corrected chi connectivity index (χ4v) is 3.47. The average Bonchev–Trinajstić information content (AvgIpc) is 2.58. The Morgan fingerprint density at radius 3 is 1.88 bits per heavy atom. The molecule has 1 aromatic heterocycles. The molecule has 2 nitrogen and oxygen atoms in total. The number of hydrogen-bond donors (Lipinski definition) is 1. The largest absolute Gasteiger partial charge is 0.392 e. The molecular weight excluding hydrogens is 325 g/mol. The number of aromatic nitrogens is 1. The molecule has 0 saturated carbocycles. The number of nitrogens with zero attached hydrogens (tertiary/aromatic N) is 1. The Balaban J connectivity index is 2.82. The highest BCUT2D eigenvalue weighted by molar-refractivity contribution is 5.73. The molecule has 0 fully saturated rings. The van der Waals surface area contributed by atoms with E-state index in [0.717, 1.165) is 40.9 Å². The van der Waals surface area contributed by atoms with Crippen LogP contribution in [0, 0.1) is 11.7 Å². The lowest BCUT2D eigenvalue weighted by molar-refractivity contribution is 0.279. The van der Waals surface area contributed by atoms with Crippen molar-refractivity contribution in [1.29, 1.82) is 0 Å². The van der Waals surface area contributed by atoms with Crippen LogP contribution in [0.2, 0.25) is 0 Å². The Hall–Kier alpha value is -1.74. The second-order valence-electron chi connectivity index (χ2n) is 8.12. The van der Waals surface area contributed by atoms with Crippen molar-refractivity contribution in [3.05, 3.63) is 52.6 Å². The van der Waals surface area contributed by atoms with Crippen molar-refractivity contribution >= 4 is 0 Å². The van der Waals surface area contributed by atoms with Gasteiger partial charge in [-0.1, -0.05) is 53.7 Å². The van der Waals surface area contributed by atoms with Crippen LogP contribution in [0.25, 0.3) is 11.1 Å². The highest BCUT2D eigenvalue weighted by Gasteiger charge is 2.23. The Kier molecular flexibility index (Phi) is 6.94. The second kappa shape index (κ2) is 8.77. The fraction of sp³-hybridized carbons (Fsp3) is 0.522. The van der Waals surface area contributed by atoms with E-state index in [0.29, 0.717) is 11.8 Å². The molecule has 0 aliphatic carbocycles. The monoisotopic (exact) mass is 357 g/mol. The zero-order valence-corrected chi connectivity index (χ0v) is 16.9. The number of aliphatic hydroxyl groups excluding tert-OH is 1. The molecule has 0 unspecified atom stereocenters. The van der Waals surface area contributed by atoms with Gasteiger partial charge in [0.2, 0.25) is 0 Å². The molecule has 1 aromatic carbocycles. The van der Waals surface area contributed by atoms with Crippen molar-refractivity contribution in [1.82, 2.24) is 4.98 Å². The predicted molar refractivity (Wildman–Crippen MR) is 107 cm³/mol. The summed E-state index contributed by atoms with van der Waals surface area (Å²) >= 11 is 0. The summed E-state index contributed by atoms with van der Waals surface area (Å²) < 4.78 is 13.5. The van der Waals surface area contributed by atoms with E-state index in [1.165, 1.54) is 17.7 Å². The number of halogens is 1. The molecule has 1 heterocycles. The zero-order chi connectivity index (χ0) is 19.4. The molecule has 1 N–H and O–H groups in total. The molecule has 0 spiro atoms. The maximum atomic E-state index is 13.5. The van der Waals surface area contributed by atoms with E-state index in [-0.39, 0.29) is 18.3 Å². The van der Waals surface area contributed by atoms with Crippen molar-refractivity contribution in [2.24, 2.45) is 5.92 Å². The fourth-order valence-electron chi connectivity index (χ4n) is 3.47. The van der Waals surface area contributed by atoms with Crippen molar-refractivity contribution in [2.45, 2.75) is 72.8 Å². The molecule has 3 heteroatoms. The van der Waals surface area contributed by atoms with Crippen LogP contribution in [0.1, 0.15) is 82.3 Å². The van der Waals surface area contributed by atoms with E-state index in [1.807, 2.05) is 12.1 Å². The SMILES string of the molecule is CC(C)CCc1c(C(C)C)nc(C(C)C)c(CO)c1-c1ccc(F)cc1. The third kappa shape index (κ3) is 4.50. The van der Waals surface area contributed by atoms with Crippen molar-refractivity contribution in [3.63, 3.8) is 0 Å². The Bertz CT molecular complexity index is 733. The first kappa shape index (κ1) is 20.6. The molecule has 2 rings (SSSR count). The Morgan fingerprint density at radius 1 is 0.885 bits per heavy atom. The van der Waals surface area contributed by atoms with E-state index in [4.69, 9.17) is 4.98 Å². The molecule has 0 amide bonds. The van der Waals surface area contributed by atoms with Gasteiger partial charge in [0.1, 0.15) is 5.82 Å². The topological polar surface area (TPSA) is 33.1 Å². The van der Waals surface area contributed by atoms with Crippen LogP contribution in [0.3, 0.4) is 0 Å². The van der Waals surface area contributed by atoms with Gasteiger partial charge < -0.3 is 5.11 Å². The van der Waals surface area contributed by atoms with E-state index in [2.05, 4.69) is 41.5 Å². The quantitative estimate of drug-likeness (QED) is 0.638. The minimum atomic E-state index is -0.245. The average molecular weight is 358 g/mol. The highest BCUT2D eigenvalue weighted by atomic mass is 19.1. The summed E-state index contributed by atoms with van der Waals surface area (Å²) in [5.74, 6) is 0.846. The van der Waals surface area contributed by atoms with Crippen LogP contribution in [-0.2, 0) is 13.0 Å². The lowest BCUT2D eigenvalue weighted by Gasteiger charge is -2.24. The predicted octanol–water partition coefficient (Wildman–Crippen LogP) is 6.22. The molecule has 0 aliphatic rings. The summed E-state index contributed by atoms with van der Waals surface area (Å²) in [5, 5.41) is 10.2. The molecule has 2 aromatic rings. The highest BCUT2D eigenvalue weighted by Crippen LogP contribution is 2.37. The molecular formula is C23H32FNO. The van der Waals surface area contributed by atoms with Crippen molar-refractivity contribution in [2.75, 3.05) is 0 Å². The minimum Gasteiger partial charge on any atom is -0.392 e. The van der Waals surface area contributed by atoms with Gasteiger partial charge in [0.05, 0.1) is 6.61 Å². The van der Waals surface area contributed by atoms with Gasteiger partial charge in [0.15, 0.2) is 0 Å². The molecule has 0 saturated heterocycles. The molecule has 0 aliphatic heterocycles. The summed E-state index contributed by atoms with van der Waals surface area (Å²) in [7, 11) is 0. The number of pyridine rings is 1. The maximum absolute atomic E-state index is 13.5. The summed E-state index contributed by atoms with van der Waals surface area (Å²) in [5.41, 5.74) is 6.15. The molecule has 26 heavy (non-hydrogen) atoms. The summed E-state index contributed by atoms with van der Waals surface area (Å²) in [6, 6.07) is 6.62. The standard InChI is InChI=1S/C23H32FNO/c1-14(2)7-12-19-21(17-8-10-18(24)11-9-17)20(13-26)23(16(5)6)25-22(19)15(3)4/h8-11,14-16,26H,7,12-13H2,1-6H3. The van der Waals surface area contributed by atoms with E-state index in [9.17, 15) is 9.50 Å². The lowest BCUT2D eigenvalue weighted by atomic mass is 9.85. The third-order valence-corrected chi connectivity index (χ3v) is 4.82. The van der Waals surface area contributed by atoms with Crippen LogP contribution < -0.4 is 0 Å². The summed E-state index contributed by atoms with van der Waals surface area (Å²) in [6.07, 6.45) is 1.97. The molecule has 0 atom stereocenters. The van der Waals surface area contributed by atoms with Gasteiger partial charge in [-0.05, 0) is 59.4 Å². The number of hydrogen-bond acceptors (Lipinski definition) is 2. The third-order valence-electron chi connectivity index (χ3n) is 4.82. The van der Waals surface area contributed by atoms with Crippen molar-refractivity contribution < 1.29 is 9.50 Å². The first-order valence-electron chi connectivity index (χ1n) is 9.68. The molecule has 142 valence electrons. The van der Waals surface area contributed by atoms with Crippen LogP contribution >= 0.6 is 0 Å². The van der Waals surface area contributed by atoms with Gasteiger partial charge in [-0.3, -0.25) is 4.98 Å². The minimum absolute atomic E-state index is 0.0553. The van der Waals surface area contributed by atoms with Gasteiger partial charge >= 0.3 is 0 Å². The summed E-state index contributed by atoms with van der Waals surface area (Å²) in [6.45, 7) is 12.9.